The van der Waals surface area contributed by atoms with Crippen molar-refractivity contribution in [3.8, 4) is 0 Å². The van der Waals surface area contributed by atoms with Gasteiger partial charge in [-0.25, -0.2) is 4.79 Å². The van der Waals surface area contributed by atoms with Crippen LogP contribution in [0.3, 0.4) is 0 Å². The van der Waals surface area contributed by atoms with Gasteiger partial charge in [-0.1, -0.05) is 12.1 Å². The normalized spacial score (nSPS) is 20.2. The lowest BCUT2D eigenvalue weighted by molar-refractivity contribution is 0.00123. The highest BCUT2D eigenvalue weighted by atomic mass is 16.6. The maximum atomic E-state index is 11.3. The Hall–Kier alpha value is -2.01. The zero-order chi connectivity index (χ0) is 17.6. The Balaban J connectivity index is 1.43. The number of likely N-dealkylation sites (tertiary alicyclic amines) is 1. The molecule has 1 amide bonds. The fraction of sp³-hybridized carbons (Fsp3) is 0.550. The summed E-state index contributed by atoms with van der Waals surface area (Å²) in [5.74, 6) is 0. The van der Waals surface area contributed by atoms with Crippen LogP contribution in [0.15, 0.2) is 18.2 Å². The van der Waals surface area contributed by atoms with E-state index in [1.54, 1.807) is 0 Å². The topological polar surface area (TPSA) is 46.5 Å². The van der Waals surface area contributed by atoms with Crippen molar-refractivity contribution >= 4 is 17.0 Å². The molecule has 0 atom stereocenters. The summed E-state index contributed by atoms with van der Waals surface area (Å²) in [7, 11) is 2.16. The first-order chi connectivity index (χ1) is 12.0. The summed E-state index contributed by atoms with van der Waals surface area (Å²) in [5, 5.41) is 4.19. The molecular weight excluding hydrogens is 314 g/mol. The summed E-state index contributed by atoms with van der Waals surface area (Å²) in [4.78, 5) is 13.9. The number of aryl methyl sites for hydroxylation is 2. The highest BCUT2D eigenvalue weighted by molar-refractivity contribution is 5.86. The predicted octanol–water partition coefficient (Wildman–Crippen LogP) is 2.91. The van der Waals surface area contributed by atoms with Gasteiger partial charge in [0.1, 0.15) is 5.60 Å². The van der Waals surface area contributed by atoms with Gasteiger partial charge in [0.2, 0.25) is 0 Å². The van der Waals surface area contributed by atoms with Gasteiger partial charge in [-0.2, -0.15) is 0 Å². The number of benzene rings is 1. The number of piperidine rings is 1. The van der Waals surface area contributed by atoms with Gasteiger partial charge >= 0.3 is 6.09 Å². The van der Waals surface area contributed by atoms with Crippen LogP contribution >= 0.6 is 0 Å². The van der Waals surface area contributed by atoms with E-state index < -0.39 is 0 Å². The van der Waals surface area contributed by atoms with Gasteiger partial charge < -0.3 is 19.5 Å². The first-order valence-corrected chi connectivity index (χ1v) is 9.21. The monoisotopic (exact) mass is 341 g/mol. The molecule has 0 bridgehead atoms. The summed E-state index contributed by atoms with van der Waals surface area (Å²) in [6, 6.07) is 6.75. The molecule has 2 saturated heterocycles. The molecule has 0 radical (unpaired) electrons. The molecule has 2 aliphatic rings. The lowest BCUT2D eigenvalue weighted by Crippen LogP contribution is -2.47. The molecule has 0 saturated carbocycles. The van der Waals surface area contributed by atoms with Crippen LogP contribution in [0, 0.1) is 13.8 Å². The largest absolute Gasteiger partial charge is 0.441 e. The van der Waals surface area contributed by atoms with Crippen LogP contribution in [-0.4, -0.2) is 47.3 Å². The van der Waals surface area contributed by atoms with E-state index in [4.69, 9.17) is 4.74 Å². The minimum Gasteiger partial charge on any atom is -0.441 e. The van der Waals surface area contributed by atoms with Crippen molar-refractivity contribution < 1.29 is 9.53 Å². The first-order valence-electron chi connectivity index (χ1n) is 9.21. The molecular formula is C20H27N3O2. The first kappa shape index (κ1) is 16.5. The molecule has 1 aromatic heterocycles. The van der Waals surface area contributed by atoms with Crippen molar-refractivity contribution in [1.29, 1.82) is 0 Å². The number of hydrogen-bond donors (Lipinski definition) is 1. The third kappa shape index (κ3) is 2.91. The molecule has 5 nitrogen and oxygen atoms in total. The lowest BCUT2D eigenvalue weighted by atomic mass is 9.91. The maximum absolute atomic E-state index is 11.3. The molecule has 2 fully saturated rings. The number of fused-ring (bicyclic) bond motifs is 1. The van der Waals surface area contributed by atoms with Crippen molar-refractivity contribution in [2.24, 2.45) is 7.05 Å². The number of hydrogen-bond acceptors (Lipinski definition) is 3. The van der Waals surface area contributed by atoms with Gasteiger partial charge in [0.25, 0.3) is 0 Å². The summed E-state index contributed by atoms with van der Waals surface area (Å²) in [5.41, 5.74) is 5.21. The van der Waals surface area contributed by atoms with Crippen LogP contribution in [0.4, 0.5) is 4.79 Å². The Bertz CT molecular complexity index is 816. The van der Waals surface area contributed by atoms with Gasteiger partial charge in [0, 0.05) is 56.1 Å². The van der Waals surface area contributed by atoms with Gasteiger partial charge in [0.05, 0.1) is 6.54 Å². The van der Waals surface area contributed by atoms with Crippen LogP contribution in [0.1, 0.15) is 29.7 Å². The summed E-state index contributed by atoms with van der Waals surface area (Å²) >= 11 is 0. The number of aromatic nitrogens is 1. The molecule has 2 aliphatic heterocycles. The molecule has 1 aromatic carbocycles. The number of carbonyl (C=O) groups is 1. The number of nitrogens with one attached hydrogen (secondary N) is 1. The van der Waals surface area contributed by atoms with E-state index in [2.05, 4.69) is 53.9 Å². The number of amides is 1. The molecule has 134 valence electrons. The fourth-order valence-electron chi connectivity index (χ4n) is 4.30. The third-order valence-electron chi connectivity index (χ3n) is 6.09. The third-order valence-corrected chi connectivity index (χ3v) is 6.09. The van der Waals surface area contributed by atoms with Crippen LogP contribution in [0.25, 0.3) is 10.9 Å². The summed E-state index contributed by atoms with van der Waals surface area (Å²) in [6.45, 7) is 8.09. The maximum Gasteiger partial charge on any atom is 0.407 e. The SMILES string of the molecule is Cc1ccc2c(CCN3CCC4(CC3)CNC(=O)O4)c(C)n(C)c2c1. The van der Waals surface area contributed by atoms with E-state index in [0.29, 0.717) is 6.54 Å². The van der Waals surface area contributed by atoms with Crippen molar-refractivity contribution in [1.82, 2.24) is 14.8 Å². The highest BCUT2D eigenvalue weighted by Crippen LogP contribution is 2.30. The number of rotatable bonds is 3. The van der Waals surface area contributed by atoms with E-state index in [1.165, 1.54) is 27.7 Å². The van der Waals surface area contributed by atoms with Crippen LogP contribution < -0.4 is 5.32 Å². The Labute approximate surface area is 148 Å². The number of alkyl carbamates (subject to hydrolysis) is 1. The molecule has 0 aliphatic carbocycles. The highest BCUT2D eigenvalue weighted by Gasteiger charge is 2.42. The second-order valence-corrected chi connectivity index (χ2v) is 7.66. The van der Waals surface area contributed by atoms with Crippen molar-refractivity contribution in [2.45, 2.75) is 38.7 Å². The van der Waals surface area contributed by atoms with E-state index in [9.17, 15) is 4.79 Å². The van der Waals surface area contributed by atoms with Gasteiger partial charge in [-0.3, -0.25) is 0 Å². The van der Waals surface area contributed by atoms with Gasteiger partial charge in [0.15, 0.2) is 0 Å². The zero-order valence-corrected chi connectivity index (χ0v) is 15.4. The Morgan fingerprint density at radius 3 is 2.68 bits per heavy atom. The second-order valence-electron chi connectivity index (χ2n) is 7.66. The predicted molar refractivity (Wildman–Crippen MR) is 99.0 cm³/mol. The average Bonchev–Trinajstić information content (AvgIpc) is 3.07. The lowest BCUT2D eigenvalue weighted by Gasteiger charge is -2.37. The van der Waals surface area contributed by atoms with Crippen LogP contribution in [0.5, 0.6) is 0 Å². The van der Waals surface area contributed by atoms with Crippen molar-refractivity contribution in [2.75, 3.05) is 26.2 Å². The van der Waals surface area contributed by atoms with Gasteiger partial charge in [-0.15, -0.1) is 0 Å². The summed E-state index contributed by atoms with van der Waals surface area (Å²) < 4.78 is 7.82. The molecule has 2 aromatic rings. The van der Waals surface area contributed by atoms with Crippen molar-refractivity contribution in [3.63, 3.8) is 0 Å². The summed E-state index contributed by atoms with van der Waals surface area (Å²) in [6.07, 6.45) is 2.67. The number of carbonyl (C=O) groups excluding carboxylic acids is 1. The Kier molecular flexibility index (Phi) is 3.99. The molecule has 4 rings (SSSR count). The molecule has 1 spiro atoms. The molecule has 0 unspecified atom stereocenters. The molecule has 5 heteroatoms. The average molecular weight is 341 g/mol. The molecule has 1 N–H and O–H groups in total. The Morgan fingerprint density at radius 2 is 2.00 bits per heavy atom. The smallest absolute Gasteiger partial charge is 0.407 e. The second kappa shape index (κ2) is 6.06. The standard InChI is InChI=1S/C20H27N3O2/c1-14-4-5-17-16(15(2)22(3)18(17)12-14)6-9-23-10-7-20(8-11-23)13-21-19(24)25-20/h4-5,12H,6-11,13H2,1-3H3,(H,21,24). The van der Waals surface area contributed by atoms with E-state index >= 15 is 0 Å². The van der Waals surface area contributed by atoms with Crippen LogP contribution in [0.2, 0.25) is 0 Å². The van der Waals surface area contributed by atoms with E-state index in [-0.39, 0.29) is 11.7 Å². The number of nitrogens with zero attached hydrogens (tertiary/aromatic N) is 2. The minimum absolute atomic E-state index is 0.250. The molecule has 3 heterocycles. The van der Waals surface area contributed by atoms with E-state index in [0.717, 1.165) is 38.9 Å². The zero-order valence-electron chi connectivity index (χ0n) is 15.4. The quantitative estimate of drug-likeness (QED) is 0.934. The molecule has 25 heavy (non-hydrogen) atoms. The van der Waals surface area contributed by atoms with Crippen LogP contribution in [-0.2, 0) is 18.2 Å². The van der Waals surface area contributed by atoms with Crippen molar-refractivity contribution in [3.05, 3.63) is 35.0 Å². The minimum atomic E-state index is -0.255. The van der Waals surface area contributed by atoms with Gasteiger partial charge in [-0.05, 0) is 37.5 Å². The Morgan fingerprint density at radius 1 is 1.24 bits per heavy atom. The van der Waals surface area contributed by atoms with E-state index in [1.807, 2.05) is 0 Å². The number of ether oxygens (including phenoxy) is 1. The fourth-order valence-corrected chi connectivity index (χ4v) is 4.30.